The lowest BCUT2D eigenvalue weighted by molar-refractivity contribution is 0.0954. The van der Waals surface area contributed by atoms with Crippen LogP contribution in [0.1, 0.15) is 30.1 Å². The average molecular weight is 300 g/mol. The number of carbonyl (C=O) groups excluding carboxylic acids is 1. The van der Waals surface area contributed by atoms with Gasteiger partial charge in [-0.1, -0.05) is 6.92 Å². The summed E-state index contributed by atoms with van der Waals surface area (Å²) >= 11 is 0. The van der Waals surface area contributed by atoms with E-state index >= 15 is 0 Å². The molecule has 1 aromatic heterocycles. The van der Waals surface area contributed by atoms with Crippen LogP contribution >= 0.6 is 0 Å². The van der Waals surface area contributed by atoms with Crippen molar-refractivity contribution in [3.8, 4) is 0 Å². The minimum Gasteiger partial charge on any atom is -0.369 e. The van der Waals surface area contributed by atoms with Crippen LogP contribution in [0.5, 0.6) is 0 Å². The van der Waals surface area contributed by atoms with Gasteiger partial charge in [0.2, 0.25) is 10.0 Å². The van der Waals surface area contributed by atoms with Gasteiger partial charge in [0.1, 0.15) is 5.82 Å². The number of hydrogen-bond donors (Lipinski definition) is 3. The Morgan fingerprint density at radius 2 is 2.15 bits per heavy atom. The van der Waals surface area contributed by atoms with Crippen LogP contribution in [-0.4, -0.2) is 38.2 Å². The van der Waals surface area contributed by atoms with Gasteiger partial charge in [-0.05, 0) is 25.0 Å². The van der Waals surface area contributed by atoms with E-state index in [1.165, 1.54) is 0 Å². The van der Waals surface area contributed by atoms with Crippen molar-refractivity contribution in [2.24, 2.45) is 5.14 Å². The number of carbonyl (C=O) groups is 1. The maximum atomic E-state index is 12.0. The number of rotatable bonds is 8. The van der Waals surface area contributed by atoms with Gasteiger partial charge < -0.3 is 10.6 Å². The first kappa shape index (κ1) is 16.4. The third-order valence-corrected chi connectivity index (χ3v) is 3.34. The van der Waals surface area contributed by atoms with Crippen LogP contribution < -0.4 is 15.8 Å². The summed E-state index contributed by atoms with van der Waals surface area (Å²) in [5.41, 5.74) is 0.441. The van der Waals surface area contributed by atoms with Crippen molar-refractivity contribution in [1.82, 2.24) is 10.3 Å². The Labute approximate surface area is 119 Å². The van der Waals surface area contributed by atoms with E-state index in [0.717, 1.165) is 13.0 Å². The molecule has 20 heavy (non-hydrogen) atoms. The van der Waals surface area contributed by atoms with E-state index in [1.807, 2.05) is 6.92 Å². The van der Waals surface area contributed by atoms with Gasteiger partial charge in [-0.2, -0.15) is 0 Å². The monoisotopic (exact) mass is 300 g/mol. The standard InChI is InChI=1S/C12H20N4O3S/c1-2-6-14-11-10(5-3-7-15-11)12(17)16-8-4-9-20(13,18)19/h3,5,7H,2,4,6,8-9H2,1H3,(H,14,15)(H,16,17)(H2,13,18,19). The lowest BCUT2D eigenvalue weighted by atomic mass is 10.2. The number of sulfonamides is 1. The molecular weight excluding hydrogens is 280 g/mol. The lowest BCUT2D eigenvalue weighted by Gasteiger charge is -2.10. The van der Waals surface area contributed by atoms with Crippen molar-refractivity contribution in [3.63, 3.8) is 0 Å². The summed E-state index contributed by atoms with van der Waals surface area (Å²) in [6, 6.07) is 3.34. The molecule has 7 nitrogen and oxygen atoms in total. The van der Waals surface area contributed by atoms with Gasteiger partial charge in [0.25, 0.3) is 5.91 Å². The highest BCUT2D eigenvalue weighted by molar-refractivity contribution is 7.89. The van der Waals surface area contributed by atoms with Gasteiger partial charge in [0.15, 0.2) is 0 Å². The number of nitrogens with two attached hydrogens (primary N) is 1. The largest absolute Gasteiger partial charge is 0.369 e. The molecule has 4 N–H and O–H groups in total. The zero-order valence-electron chi connectivity index (χ0n) is 11.4. The summed E-state index contributed by atoms with van der Waals surface area (Å²) < 4.78 is 21.5. The molecule has 0 saturated carbocycles. The molecule has 0 saturated heterocycles. The fraction of sp³-hybridized carbons (Fsp3) is 0.500. The molecule has 0 radical (unpaired) electrons. The average Bonchev–Trinajstić information content (AvgIpc) is 2.40. The van der Waals surface area contributed by atoms with Crippen molar-refractivity contribution in [1.29, 1.82) is 0 Å². The van der Waals surface area contributed by atoms with Gasteiger partial charge in [-0.15, -0.1) is 0 Å². The Balaban J connectivity index is 2.54. The molecule has 0 atom stereocenters. The molecule has 0 unspecified atom stereocenters. The van der Waals surface area contributed by atoms with Crippen LogP contribution in [0.3, 0.4) is 0 Å². The quantitative estimate of drug-likeness (QED) is 0.598. The summed E-state index contributed by atoms with van der Waals surface area (Å²) in [4.78, 5) is 16.1. The Kier molecular flexibility index (Phi) is 6.40. The summed E-state index contributed by atoms with van der Waals surface area (Å²) in [5.74, 6) is 0.0887. The first-order valence-electron chi connectivity index (χ1n) is 6.41. The Bertz CT molecular complexity index is 545. The van der Waals surface area contributed by atoms with Crippen LogP contribution in [0.4, 0.5) is 5.82 Å². The minimum absolute atomic E-state index is 0.152. The third-order valence-electron chi connectivity index (χ3n) is 2.49. The molecule has 1 aromatic rings. The molecule has 0 aromatic carbocycles. The van der Waals surface area contributed by atoms with Gasteiger partial charge in [0.05, 0.1) is 11.3 Å². The number of nitrogens with one attached hydrogen (secondary N) is 2. The molecule has 8 heteroatoms. The minimum atomic E-state index is -3.48. The van der Waals surface area contributed by atoms with Crippen molar-refractivity contribution < 1.29 is 13.2 Å². The van der Waals surface area contributed by atoms with Crippen molar-refractivity contribution in [2.45, 2.75) is 19.8 Å². The van der Waals surface area contributed by atoms with E-state index in [0.29, 0.717) is 11.4 Å². The molecule has 0 bridgehead atoms. The molecule has 112 valence electrons. The van der Waals surface area contributed by atoms with Crippen LogP contribution in [0.25, 0.3) is 0 Å². The predicted octanol–water partition coefficient (Wildman–Crippen LogP) is 0.312. The van der Waals surface area contributed by atoms with Crippen molar-refractivity contribution in [3.05, 3.63) is 23.9 Å². The first-order valence-corrected chi connectivity index (χ1v) is 8.13. The highest BCUT2D eigenvalue weighted by Crippen LogP contribution is 2.11. The van der Waals surface area contributed by atoms with Crippen molar-refractivity contribution in [2.75, 3.05) is 24.2 Å². The number of hydrogen-bond acceptors (Lipinski definition) is 5. The molecule has 0 aliphatic carbocycles. The van der Waals surface area contributed by atoms with E-state index in [9.17, 15) is 13.2 Å². The number of pyridine rings is 1. The summed E-state index contributed by atoms with van der Waals surface area (Å²) in [5, 5.41) is 10.6. The third kappa shape index (κ3) is 5.98. The van der Waals surface area contributed by atoms with Gasteiger partial charge in [0, 0.05) is 19.3 Å². The van der Waals surface area contributed by atoms with E-state index in [1.54, 1.807) is 18.3 Å². The van der Waals surface area contributed by atoms with Gasteiger partial charge in [-0.25, -0.2) is 18.5 Å². The molecule has 0 aliphatic rings. The van der Waals surface area contributed by atoms with E-state index in [2.05, 4.69) is 15.6 Å². The topological polar surface area (TPSA) is 114 Å². The fourth-order valence-electron chi connectivity index (χ4n) is 1.54. The van der Waals surface area contributed by atoms with Crippen LogP contribution in [-0.2, 0) is 10.0 Å². The normalized spacial score (nSPS) is 11.1. The summed E-state index contributed by atoms with van der Waals surface area (Å²) in [6.45, 7) is 2.99. The summed E-state index contributed by atoms with van der Waals surface area (Å²) in [6.07, 6.45) is 2.81. The Morgan fingerprint density at radius 1 is 1.40 bits per heavy atom. The zero-order valence-corrected chi connectivity index (χ0v) is 12.2. The predicted molar refractivity (Wildman–Crippen MR) is 77.9 cm³/mol. The number of amides is 1. The van der Waals surface area contributed by atoms with E-state index < -0.39 is 10.0 Å². The van der Waals surface area contributed by atoms with Crippen LogP contribution in [0.2, 0.25) is 0 Å². The maximum absolute atomic E-state index is 12.0. The molecule has 0 aliphatic heterocycles. The maximum Gasteiger partial charge on any atom is 0.255 e. The van der Waals surface area contributed by atoms with Crippen LogP contribution in [0, 0.1) is 0 Å². The van der Waals surface area contributed by atoms with E-state index in [4.69, 9.17) is 5.14 Å². The van der Waals surface area contributed by atoms with E-state index in [-0.39, 0.29) is 24.6 Å². The second-order valence-electron chi connectivity index (χ2n) is 4.30. The van der Waals surface area contributed by atoms with Crippen molar-refractivity contribution >= 4 is 21.7 Å². The lowest BCUT2D eigenvalue weighted by Crippen LogP contribution is -2.28. The molecule has 0 fully saturated rings. The second kappa shape index (κ2) is 7.81. The number of anilines is 1. The molecular formula is C12H20N4O3S. The SMILES string of the molecule is CCCNc1ncccc1C(=O)NCCCS(N)(=O)=O. The molecule has 0 spiro atoms. The highest BCUT2D eigenvalue weighted by Gasteiger charge is 2.11. The smallest absolute Gasteiger partial charge is 0.255 e. The number of nitrogens with zero attached hydrogens (tertiary/aromatic N) is 1. The zero-order chi connectivity index (χ0) is 15.0. The second-order valence-corrected chi connectivity index (χ2v) is 6.04. The Hall–Kier alpha value is -1.67. The van der Waals surface area contributed by atoms with Gasteiger partial charge in [-0.3, -0.25) is 4.79 Å². The summed E-state index contributed by atoms with van der Waals surface area (Å²) in [7, 11) is -3.48. The number of primary sulfonamides is 1. The highest BCUT2D eigenvalue weighted by atomic mass is 32.2. The molecule has 1 rings (SSSR count). The van der Waals surface area contributed by atoms with Gasteiger partial charge >= 0.3 is 0 Å². The molecule has 1 amide bonds. The first-order chi connectivity index (χ1) is 9.44. The molecule has 1 heterocycles. The van der Waals surface area contributed by atoms with Crippen LogP contribution in [0.15, 0.2) is 18.3 Å². The fourth-order valence-corrected chi connectivity index (χ4v) is 2.09. The number of aromatic nitrogens is 1. The Morgan fingerprint density at radius 3 is 2.80 bits per heavy atom.